The van der Waals surface area contributed by atoms with Crippen LogP contribution in [0.2, 0.25) is 20.1 Å². The van der Waals surface area contributed by atoms with E-state index >= 15 is 0 Å². The number of anilines is 1. The molecule has 234 valence electrons. The summed E-state index contributed by atoms with van der Waals surface area (Å²) in [4.78, 5) is 16.2. The van der Waals surface area contributed by atoms with Crippen LogP contribution in [-0.4, -0.2) is 30.2 Å². The van der Waals surface area contributed by atoms with Crippen molar-refractivity contribution in [2.75, 3.05) is 24.6 Å². The summed E-state index contributed by atoms with van der Waals surface area (Å²) in [5.74, 6) is -0.0464. The fourth-order valence-electron chi connectivity index (χ4n) is 6.62. The molecule has 0 saturated heterocycles. The van der Waals surface area contributed by atoms with Gasteiger partial charge in [-0.2, -0.15) is 0 Å². The molecule has 0 bridgehead atoms. The normalized spacial score (nSPS) is 16.0. The van der Waals surface area contributed by atoms with Crippen molar-refractivity contribution < 1.29 is 14.3 Å². The van der Waals surface area contributed by atoms with Crippen molar-refractivity contribution in [3.05, 3.63) is 90.5 Å². The number of esters is 1. The van der Waals surface area contributed by atoms with Crippen molar-refractivity contribution in [1.82, 2.24) is 4.57 Å². The average Bonchev–Trinajstić information content (AvgIpc) is 3.48. The van der Waals surface area contributed by atoms with Crippen LogP contribution in [-0.2, 0) is 16.9 Å². The van der Waals surface area contributed by atoms with E-state index in [1.807, 2.05) is 37.3 Å². The van der Waals surface area contributed by atoms with Gasteiger partial charge in [0.2, 0.25) is 0 Å². The largest absolute Gasteiger partial charge is 0.493 e. The summed E-state index contributed by atoms with van der Waals surface area (Å²) in [6.07, 6.45) is 4.47. The molecule has 3 aromatic carbocycles. The number of ether oxygens (including phenoxy) is 2. The van der Waals surface area contributed by atoms with Crippen molar-refractivity contribution in [3.63, 3.8) is 0 Å². The number of hydrogen-bond acceptors (Lipinski definition) is 4. The van der Waals surface area contributed by atoms with Crippen LogP contribution >= 0.6 is 46.4 Å². The second-order valence-corrected chi connectivity index (χ2v) is 12.6. The van der Waals surface area contributed by atoms with Gasteiger partial charge in [0.25, 0.3) is 0 Å². The molecule has 0 radical (unpaired) electrons. The zero-order valence-electron chi connectivity index (χ0n) is 25.8. The third kappa shape index (κ3) is 5.24. The van der Waals surface area contributed by atoms with Gasteiger partial charge in [-0.15, -0.1) is 0 Å². The molecule has 1 aliphatic rings. The van der Waals surface area contributed by atoms with Gasteiger partial charge in [0.15, 0.2) is 5.60 Å². The van der Waals surface area contributed by atoms with Crippen LogP contribution in [0.5, 0.6) is 5.75 Å². The Labute approximate surface area is 279 Å². The molecule has 1 aromatic heterocycles. The van der Waals surface area contributed by atoms with E-state index in [2.05, 4.69) is 49.3 Å². The van der Waals surface area contributed by atoms with Gasteiger partial charge in [-0.25, -0.2) is 4.79 Å². The Morgan fingerprint density at radius 3 is 2.25 bits per heavy atom. The summed E-state index contributed by atoms with van der Waals surface area (Å²) in [5.41, 5.74) is 3.39. The average molecular weight is 677 g/mol. The molecule has 1 unspecified atom stereocenters. The highest BCUT2D eigenvalue weighted by Gasteiger charge is 2.55. The molecule has 0 spiro atoms. The van der Waals surface area contributed by atoms with Gasteiger partial charge in [-0.1, -0.05) is 90.8 Å². The van der Waals surface area contributed by atoms with Gasteiger partial charge in [0, 0.05) is 64.7 Å². The van der Waals surface area contributed by atoms with E-state index in [9.17, 15) is 4.79 Å². The molecular weight excluding hydrogens is 638 g/mol. The van der Waals surface area contributed by atoms with E-state index in [0.29, 0.717) is 23.5 Å². The lowest BCUT2D eigenvalue weighted by Crippen LogP contribution is -2.32. The molecule has 2 heterocycles. The molecule has 0 amide bonds. The first-order valence-electron chi connectivity index (χ1n) is 15.4. The molecule has 0 N–H and O–H groups in total. The highest BCUT2D eigenvalue weighted by atomic mass is 35.5. The number of aryl methyl sites for hydroxylation is 1. The second-order valence-electron chi connectivity index (χ2n) is 11.1. The lowest BCUT2D eigenvalue weighted by Gasteiger charge is -2.34. The Kier molecular flexibility index (Phi) is 10.0. The van der Waals surface area contributed by atoms with Crippen molar-refractivity contribution in [2.24, 2.45) is 0 Å². The number of para-hydroxylation sites is 1. The van der Waals surface area contributed by atoms with E-state index in [-0.39, 0.29) is 25.7 Å². The quantitative estimate of drug-likeness (QED) is 0.0648. The lowest BCUT2D eigenvalue weighted by molar-refractivity contribution is 0.0246. The van der Waals surface area contributed by atoms with Crippen molar-refractivity contribution >= 4 is 69.0 Å². The first-order chi connectivity index (χ1) is 21.2. The number of benzene rings is 3. The zero-order chi connectivity index (χ0) is 31.8. The predicted molar refractivity (Wildman–Crippen MR) is 184 cm³/mol. The van der Waals surface area contributed by atoms with Crippen molar-refractivity contribution in [2.45, 2.75) is 72.4 Å². The number of nitrogens with zero attached hydrogens (tertiary/aromatic N) is 2. The minimum absolute atomic E-state index is 0.0154. The zero-order valence-corrected chi connectivity index (χ0v) is 28.9. The second kappa shape index (κ2) is 13.4. The molecule has 1 atom stereocenters. The Morgan fingerprint density at radius 1 is 0.864 bits per heavy atom. The maximum absolute atomic E-state index is 14.0. The summed E-state index contributed by atoms with van der Waals surface area (Å²) in [6.45, 7) is 13.3. The fourth-order valence-corrected chi connectivity index (χ4v) is 7.68. The number of carbonyl (C=O) groups is 1. The third-order valence-corrected chi connectivity index (χ3v) is 10.5. The van der Waals surface area contributed by atoms with Crippen LogP contribution in [0.3, 0.4) is 0 Å². The minimum Gasteiger partial charge on any atom is -0.493 e. The van der Waals surface area contributed by atoms with E-state index in [4.69, 9.17) is 55.9 Å². The highest BCUT2D eigenvalue weighted by molar-refractivity contribution is 6.53. The molecule has 5 nitrogen and oxygen atoms in total. The SMILES string of the molecule is CCCCCCn1c(C)c(C2(c3ccc(N(CC)CC)cc3OCC)OC(=O)c3c(Cl)c(Cl)c(Cl)c(Cl)c32)c2ccccc21. The number of aromatic nitrogens is 1. The maximum Gasteiger partial charge on any atom is 0.341 e. The summed E-state index contributed by atoms with van der Waals surface area (Å²) in [6, 6.07) is 14.2. The summed E-state index contributed by atoms with van der Waals surface area (Å²) >= 11 is 27.1. The van der Waals surface area contributed by atoms with E-state index in [0.717, 1.165) is 66.7 Å². The van der Waals surface area contributed by atoms with Crippen LogP contribution in [0.25, 0.3) is 10.9 Å². The first-order valence-corrected chi connectivity index (χ1v) is 16.9. The first kappa shape index (κ1) is 32.8. The van der Waals surface area contributed by atoms with Crippen LogP contribution in [0.4, 0.5) is 5.69 Å². The van der Waals surface area contributed by atoms with Crippen LogP contribution < -0.4 is 9.64 Å². The standard InChI is InChI=1S/C35H38Cl4N2O3/c1-6-10-11-14-19-41-21(5)28(23-15-12-13-16-25(23)41)35(24-18-17-22(40(7-2)8-3)20-26(24)43-9-4)29-27(34(42)44-35)30(36)32(38)33(39)31(29)37/h12-13,15-18,20H,6-11,14,19H2,1-5H3. The van der Waals surface area contributed by atoms with Gasteiger partial charge in [-0.05, 0) is 52.3 Å². The van der Waals surface area contributed by atoms with Gasteiger partial charge in [0.05, 0.1) is 32.3 Å². The fraction of sp³-hybridized carbons (Fsp3) is 0.400. The molecule has 4 aromatic rings. The molecule has 9 heteroatoms. The summed E-state index contributed by atoms with van der Waals surface area (Å²) < 4.78 is 15.3. The lowest BCUT2D eigenvalue weighted by atomic mass is 9.78. The summed E-state index contributed by atoms with van der Waals surface area (Å²) in [5, 5.41) is 1.16. The van der Waals surface area contributed by atoms with Gasteiger partial charge in [0.1, 0.15) is 5.75 Å². The molecule has 0 fully saturated rings. The van der Waals surface area contributed by atoms with Crippen LogP contribution in [0, 0.1) is 6.92 Å². The smallest absolute Gasteiger partial charge is 0.341 e. The van der Waals surface area contributed by atoms with Crippen LogP contribution in [0.15, 0.2) is 42.5 Å². The molecule has 1 aliphatic heterocycles. The third-order valence-electron chi connectivity index (χ3n) is 8.66. The molecule has 44 heavy (non-hydrogen) atoms. The number of hydrogen-bond donors (Lipinski definition) is 0. The molecular formula is C35H38Cl4N2O3. The number of rotatable bonds is 12. The van der Waals surface area contributed by atoms with E-state index in [1.54, 1.807) is 0 Å². The number of carbonyl (C=O) groups excluding carboxylic acids is 1. The maximum atomic E-state index is 14.0. The predicted octanol–water partition coefficient (Wildman–Crippen LogP) is 10.9. The van der Waals surface area contributed by atoms with Crippen molar-refractivity contribution in [3.8, 4) is 5.75 Å². The van der Waals surface area contributed by atoms with E-state index < -0.39 is 11.6 Å². The van der Waals surface area contributed by atoms with Gasteiger partial charge < -0.3 is 18.9 Å². The minimum atomic E-state index is -1.52. The number of fused-ring (bicyclic) bond motifs is 2. The topological polar surface area (TPSA) is 43.7 Å². The number of unbranched alkanes of at least 4 members (excludes halogenated alkanes) is 3. The molecule has 5 rings (SSSR count). The van der Waals surface area contributed by atoms with Crippen LogP contribution in [0.1, 0.15) is 86.1 Å². The van der Waals surface area contributed by atoms with Gasteiger partial charge in [-0.3, -0.25) is 0 Å². The Morgan fingerprint density at radius 2 is 1.57 bits per heavy atom. The number of cyclic esters (lactones) is 1. The van der Waals surface area contributed by atoms with E-state index in [1.165, 1.54) is 6.42 Å². The van der Waals surface area contributed by atoms with Gasteiger partial charge >= 0.3 is 5.97 Å². The Bertz CT molecular complexity index is 1710. The van der Waals surface area contributed by atoms with Crippen molar-refractivity contribution in [1.29, 1.82) is 0 Å². The molecule has 0 aliphatic carbocycles. The monoisotopic (exact) mass is 674 g/mol. The Balaban J connectivity index is 1.92. The summed E-state index contributed by atoms with van der Waals surface area (Å²) in [7, 11) is 0. The highest BCUT2D eigenvalue weighted by Crippen LogP contribution is 2.59. The molecule has 0 saturated carbocycles. The number of halogens is 4. The Hall–Kier alpha value is -2.57.